The molecule has 0 bridgehead atoms. The minimum absolute atomic E-state index is 0.00447. The molecule has 1 saturated heterocycles. The number of rotatable bonds is 4. The maximum Gasteiger partial charge on any atom is 0.338 e. The zero-order valence-corrected chi connectivity index (χ0v) is 14.1. The molecular formula is C17H24N2O4. The summed E-state index contributed by atoms with van der Waals surface area (Å²) in [7, 11) is 3.80. The molecule has 0 unspecified atom stereocenters. The van der Waals surface area contributed by atoms with Crippen LogP contribution in [0.4, 0.5) is 5.69 Å². The van der Waals surface area contributed by atoms with Gasteiger partial charge in [0.15, 0.2) is 6.61 Å². The Kier molecular flexibility index (Phi) is 5.60. The van der Waals surface area contributed by atoms with Gasteiger partial charge in [-0.05, 0) is 32.0 Å². The van der Waals surface area contributed by atoms with Crippen LogP contribution in [0.3, 0.4) is 0 Å². The molecular weight excluding hydrogens is 296 g/mol. The monoisotopic (exact) mass is 320 g/mol. The van der Waals surface area contributed by atoms with Crippen molar-refractivity contribution < 1.29 is 19.1 Å². The van der Waals surface area contributed by atoms with E-state index >= 15 is 0 Å². The second-order valence-electron chi connectivity index (χ2n) is 6.08. The lowest BCUT2D eigenvalue weighted by molar-refractivity contribution is -0.146. The fraction of sp³-hybridized carbons (Fsp3) is 0.529. The van der Waals surface area contributed by atoms with Crippen molar-refractivity contribution in [1.82, 2.24) is 4.90 Å². The van der Waals surface area contributed by atoms with Gasteiger partial charge in [0, 0.05) is 32.9 Å². The van der Waals surface area contributed by atoms with Crippen molar-refractivity contribution in [3.05, 3.63) is 29.8 Å². The Bertz CT molecular complexity index is 563. The molecule has 1 fully saturated rings. The molecule has 126 valence electrons. The van der Waals surface area contributed by atoms with E-state index in [2.05, 4.69) is 0 Å². The largest absolute Gasteiger partial charge is 0.452 e. The number of amides is 1. The summed E-state index contributed by atoms with van der Waals surface area (Å²) in [6.45, 7) is 4.65. The predicted octanol–water partition coefficient (Wildman–Crippen LogP) is 1.55. The molecule has 0 N–H and O–H groups in total. The van der Waals surface area contributed by atoms with E-state index in [1.165, 1.54) is 0 Å². The maximum atomic E-state index is 12.2. The molecule has 1 heterocycles. The normalized spacial score (nSPS) is 21.0. The molecule has 2 atom stereocenters. The number of anilines is 1. The smallest absolute Gasteiger partial charge is 0.338 e. The highest BCUT2D eigenvalue weighted by atomic mass is 16.5. The number of esters is 1. The number of benzene rings is 1. The first-order valence-electron chi connectivity index (χ1n) is 7.74. The zero-order chi connectivity index (χ0) is 17.0. The van der Waals surface area contributed by atoms with Gasteiger partial charge in [-0.15, -0.1) is 0 Å². The molecule has 6 heteroatoms. The minimum atomic E-state index is -0.489. The second kappa shape index (κ2) is 7.46. The number of carbonyl (C=O) groups is 2. The van der Waals surface area contributed by atoms with Gasteiger partial charge >= 0.3 is 5.97 Å². The van der Waals surface area contributed by atoms with E-state index in [1.807, 2.05) is 38.9 Å². The van der Waals surface area contributed by atoms with Crippen molar-refractivity contribution in [2.24, 2.45) is 0 Å². The average Bonchev–Trinajstić information content (AvgIpc) is 2.51. The number of morpholine rings is 1. The van der Waals surface area contributed by atoms with Gasteiger partial charge < -0.3 is 19.3 Å². The van der Waals surface area contributed by atoms with Crippen LogP contribution < -0.4 is 4.90 Å². The number of ether oxygens (including phenoxy) is 2. The summed E-state index contributed by atoms with van der Waals surface area (Å²) in [5, 5.41) is 0. The van der Waals surface area contributed by atoms with E-state index in [0.29, 0.717) is 18.7 Å². The van der Waals surface area contributed by atoms with E-state index in [0.717, 1.165) is 5.69 Å². The Hall–Kier alpha value is -2.08. The molecule has 1 aromatic rings. The van der Waals surface area contributed by atoms with E-state index in [4.69, 9.17) is 9.47 Å². The molecule has 0 aliphatic carbocycles. The van der Waals surface area contributed by atoms with Crippen LogP contribution in [0.2, 0.25) is 0 Å². The molecule has 23 heavy (non-hydrogen) atoms. The molecule has 1 amide bonds. The summed E-state index contributed by atoms with van der Waals surface area (Å²) in [5.74, 6) is -0.680. The van der Waals surface area contributed by atoms with Crippen LogP contribution in [0.25, 0.3) is 0 Å². The molecule has 1 aromatic carbocycles. The van der Waals surface area contributed by atoms with Gasteiger partial charge in [-0.3, -0.25) is 4.79 Å². The topological polar surface area (TPSA) is 59.1 Å². The second-order valence-corrected chi connectivity index (χ2v) is 6.08. The fourth-order valence-corrected chi connectivity index (χ4v) is 2.59. The molecule has 0 radical (unpaired) electrons. The molecule has 0 spiro atoms. The van der Waals surface area contributed by atoms with Gasteiger partial charge in [0.1, 0.15) is 0 Å². The van der Waals surface area contributed by atoms with Crippen molar-refractivity contribution in [3.63, 3.8) is 0 Å². The van der Waals surface area contributed by atoms with E-state index in [-0.39, 0.29) is 24.7 Å². The quantitative estimate of drug-likeness (QED) is 0.788. The van der Waals surface area contributed by atoms with E-state index < -0.39 is 5.97 Å². The van der Waals surface area contributed by atoms with Gasteiger partial charge in [-0.2, -0.15) is 0 Å². The SMILES string of the molecule is C[C@H]1CN(C(=O)COC(=O)c2cccc(N(C)C)c2)C[C@H](C)O1. The van der Waals surface area contributed by atoms with Crippen LogP contribution in [0.15, 0.2) is 24.3 Å². The molecule has 1 aliphatic heterocycles. The summed E-state index contributed by atoms with van der Waals surface area (Å²) in [6.07, 6.45) is -0.00894. The molecule has 2 rings (SSSR count). The number of nitrogens with zero attached hydrogens (tertiary/aromatic N) is 2. The summed E-state index contributed by atoms with van der Waals surface area (Å²) in [4.78, 5) is 27.9. The lowest BCUT2D eigenvalue weighted by atomic mass is 10.2. The number of hydrogen-bond acceptors (Lipinski definition) is 5. The van der Waals surface area contributed by atoms with E-state index in [9.17, 15) is 9.59 Å². The summed E-state index contributed by atoms with van der Waals surface area (Å²) in [5.41, 5.74) is 1.34. The molecule has 0 saturated carbocycles. The van der Waals surface area contributed by atoms with E-state index in [1.54, 1.807) is 23.1 Å². The highest BCUT2D eigenvalue weighted by molar-refractivity contribution is 5.92. The van der Waals surface area contributed by atoms with Crippen molar-refractivity contribution in [3.8, 4) is 0 Å². The maximum absolute atomic E-state index is 12.2. The predicted molar refractivity (Wildman–Crippen MR) is 87.6 cm³/mol. The average molecular weight is 320 g/mol. The van der Waals surface area contributed by atoms with Crippen LogP contribution in [-0.4, -0.2) is 62.8 Å². The van der Waals surface area contributed by atoms with Crippen molar-refractivity contribution >= 4 is 17.6 Å². The summed E-state index contributed by atoms with van der Waals surface area (Å²) >= 11 is 0. The first-order chi connectivity index (χ1) is 10.9. The van der Waals surface area contributed by atoms with Gasteiger partial charge in [0.05, 0.1) is 17.8 Å². The van der Waals surface area contributed by atoms with Gasteiger partial charge in [0.2, 0.25) is 0 Å². The van der Waals surface area contributed by atoms with Gasteiger partial charge in [-0.1, -0.05) is 6.07 Å². The Morgan fingerprint density at radius 2 is 1.91 bits per heavy atom. The lowest BCUT2D eigenvalue weighted by Crippen LogP contribution is -2.49. The van der Waals surface area contributed by atoms with Crippen LogP contribution in [0.5, 0.6) is 0 Å². The number of carbonyl (C=O) groups excluding carboxylic acids is 2. The fourth-order valence-electron chi connectivity index (χ4n) is 2.59. The first-order valence-corrected chi connectivity index (χ1v) is 7.74. The standard InChI is InChI=1S/C17H24N2O4/c1-12-9-19(10-13(2)23-12)16(20)11-22-17(21)14-6-5-7-15(8-14)18(3)4/h5-8,12-13H,9-11H2,1-4H3/t12-,13-/m0/s1. The Balaban J connectivity index is 1.91. The summed E-state index contributed by atoms with van der Waals surface area (Å²) < 4.78 is 10.7. The first kappa shape index (κ1) is 17.3. The lowest BCUT2D eigenvalue weighted by Gasteiger charge is -2.35. The third-order valence-electron chi connectivity index (χ3n) is 3.70. The van der Waals surface area contributed by atoms with Crippen molar-refractivity contribution in [2.45, 2.75) is 26.1 Å². The van der Waals surface area contributed by atoms with Crippen LogP contribution in [-0.2, 0) is 14.3 Å². The molecule has 1 aliphatic rings. The molecule has 0 aromatic heterocycles. The van der Waals surface area contributed by atoms with Gasteiger partial charge in [-0.25, -0.2) is 4.79 Å². The Morgan fingerprint density at radius 3 is 2.52 bits per heavy atom. The highest BCUT2D eigenvalue weighted by Gasteiger charge is 2.26. The third-order valence-corrected chi connectivity index (χ3v) is 3.70. The Morgan fingerprint density at radius 1 is 1.26 bits per heavy atom. The van der Waals surface area contributed by atoms with Crippen molar-refractivity contribution in [2.75, 3.05) is 38.7 Å². The van der Waals surface area contributed by atoms with Crippen LogP contribution in [0.1, 0.15) is 24.2 Å². The Labute approximate surface area is 137 Å². The minimum Gasteiger partial charge on any atom is -0.452 e. The van der Waals surface area contributed by atoms with Crippen molar-refractivity contribution in [1.29, 1.82) is 0 Å². The zero-order valence-electron chi connectivity index (χ0n) is 14.1. The summed E-state index contributed by atoms with van der Waals surface area (Å²) in [6, 6.07) is 7.11. The van der Waals surface area contributed by atoms with Crippen LogP contribution in [0, 0.1) is 0 Å². The highest BCUT2D eigenvalue weighted by Crippen LogP contribution is 2.15. The number of hydrogen-bond donors (Lipinski definition) is 0. The van der Waals surface area contributed by atoms with Gasteiger partial charge in [0.25, 0.3) is 5.91 Å². The third kappa shape index (κ3) is 4.69. The van der Waals surface area contributed by atoms with Crippen LogP contribution >= 0.6 is 0 Å². The molecule has 6 nitrogen and oxygen atoms in total.